The van der Waals surface area contributed by atoms with E-state index >= 15 is 0 Å². The van der Waals surface area contributed by atoms with Crippen molar-refractivity contribution in [2.45, 2.75) is 49.1 Å². The molecule has 0 bridgehead atoms. The molecule has 0 radical (unpaired) electrons. The minimum Gasteiger partial charge on any atom is -0.387 e. The van der Waals surface area contributed by atoms with Crippen molar-refractivity contribution in [3.05, 3.63) is 45.6 Å². The summed E-state index contributed by atoms with van der Waals surface area (Å²) in [5.74, 6) is -0.116. The number of phosphoric ester groups is 2. The molecule has 32 heteroatoms. The van der Waals surface area contributed by atoms with E-state index in [1.165, 1.54) is 10.8 Å². The number of imidazole rings is 1. The third kappa shape index (κ3) is 9.30. The second kappa shape index (κ2) is 14.6. The topological polar surface area (TPSA) is 419 Å². The van der Waals surface area contributed by atoms with Gasteiger partial charge in [0.1, 0.15) is 42.1 Å². The lowest BCUT2D eigenvalue weighted by molar-refractivity contribution is -0.0542. The maximum Gasteiger partial charge on any atom is 0.490 e. The Bertz CT molecular complexity index is 2080. The van der Waals surface area contributed by atoms with E-state index in [1.54, 1.807) is 0 Å². The van der Waals surface area contributed by atoms with Crippen LogP contribution in [0, 0.1) is 0 Å². The van der Waals surface area contributed by atoms with Gasteiger partial charge in [-0.05, 0) is 0 Å². The molecule has 5 rings (SSSR count). The van der Waals surface area contributed by atoms with E-state index in [9.17, 15) is 67.8 Å². The van der Waals surface area contributed by atoms with Gasteiger partial charge in [-0.2, -0.15) is 17.9 Å². The Hall–Kier alpha value is -2.65. The number of nitrogens with one attached hydrogen (secondary N) is 1. The first kappa shape index (κ1) is 39.6. The maximum atomic E-state index is 12.4. The highest BCUT2D eigenvalue weighted by molar-refractivity contribution is 7.69. The normalized spacial score (nSPS) is 31.5. The summed E-state index contributed by atoms with van der Waals surface area (Å²) in [6.45, 7) is -2.31. The third-order valence-electron chi connectivity index (χ3n) is 6.85. The number of aromatic nitrogens is 6. The van der Waals surface area contributed by atoms with Gasteiger partial charge >= 0.3 is 37.0 Å². The van der Waals surface area contributed by atoms with Crippen LogP contribution in [0.3, 0.4) is 0 Å². The smallest absolute Gasteiger partial charge is 0.387 e. The summed E-state index contributed by atoms with van der Waals surface area (Å²) in [5, 5.41) is 41.2. The molecule has 0 aromatic carbocycles. The van der Waals surface area contributed by atoms with E-state index in [0.29, 0.717) is 4.57 Å². The van der Waals surface area contributed by atoms with Crippen molar-refractivity contribution in [2.75, 3.05) is 18.9 Å². The van der Waals surface area contributed by atoms with Gasteiger partial charge in [-0.25, -0.2) is 33.0 Å². The summed E-state index contributed by atoms with van der Waals surface area (Å²) in [6.07, 6.45) is -10.4. The number of ether oxygens (including phenoxy) is 2. The number of hydrogen-bond donors (Lipinski definition) is 10. The van der Waals surface area contributed by atoms with Crippen LogP contribution < -0.4 is 17.0 Å². The van der Waals surface area contributed by atoms with E-state index < -0.39 is 105 Å². The number of nitrogens with two attached hydrogens (primary N) is 1. The summed E-state index contributed by atoms with van der Waals surface area (Å²) >= 11 is 0. The Morgan fingerprint density at radius 1 is 0.765 bits per heavy atom. The van der Waals surface area contributed by atoms with Crippen LogP contribution in [0.4, 0.5) is 5.95 Å². The van der Waals surface area contributed by atoms with Crippen molar-refractivity contribution >= 4 is 48.4 Å². The van der Waals surface area contributed by atoms with Crippen molar-refractivity contribution in [3.8, 4) is 0 Å². The molecule has 284 valence electrons. The van der Waals surface area contributed by atoms with Gasteiger partial charge in [0.15, 0.2) is 18.1 Å². The highest BCUT2D eigenvalue weighted by Gasteiger charge is 2.50. The van der Waals surface area contributed by atoms with E-state index in [-0.39, 0.29) is 17.1 Å². The summed E-state index contributed by atoms with van der Waals surface area (Å²) in [5.41, 5.74) is 3.91. The molecule has 0 amide bonds. The number of fused-ring (bicyclic) bond motifs is 1. The number of aromatic amines is 1. The molecule has 2 aliphatic heterocycles. The quantitative estimate of drug-likeness (QED) is 0.0712. The molecule has 3 aromatic heterocycles. The van der Waals surface area contributed by atoms with Gasteiger partial charge in [-0.15, -0.1) is 0 Å². The largest absolute Gasteiger partial charge is 0.490 e. The lowest BCUT2D eigenvalue weighted by Crippen LogP contribution is -2.37. The van der Waals surface area contributed by atoms with Gasteiger partial charge in [0.2, 0.25) is 5.95 Å². The van der Waals surface area contributed by atoms with E-state index in [0.717, 1.165) is 18.6 Å². The molecule has 5 heterocycles. The van der Waals surface area contributed by atoms with Crippen molar-refractivity contribution in [1.29, 1.82) is 0 Å². The van der Waals surface area contributed by atoms with Crippen LogP contribution in [0.15, 0.2) is 34.4 Å². The number of nitrogen functional groups attached to an aromatic ring is 1. The van der Waals surface area contributed by atoms with Crippen LogP contribution in [-0.4, -0.2) is 119 Å². The van der Waals surface area contributed by atoms with Gasteiger partial charge < -0.3 is 55.2 Å². The molecular weight excluding hydrogens is 786 g/mol. The highest BCUT2D eigenvalue weighted by atomic mass is 31.3. The zero-order chi connectivity index (χ0) is 37.7. The molecule has 0 spiro atoms. The number of nitrogens with zero attached hydrogens (tertiary/aromatic N) is 5. The second-order valence-corrected chi connectivity index (χ2v) is 16.6. The number of aliphatic hydroxyl groups is 4. The number of aliphatic hydroxyl groups excluding tert-OH is 4. The molecule has 3 aromatic rings. The van der Waals surface area contributed by atoms with E-state index in [2.05, 4.69) is 36.9 Å². The molecule has 0 aliphatic carbocycles. The first-order valence-electron chi connectivity index (χ1n) is 13.6. The summed E-state index contributed by atoms with van der Waals surface area (Å²) < 4.78 is 82.0. The Morgan fingerprint density at radius 2 is 1.25 bits per heavy atom. The average Bonchev–Trinajstić information content (AvgIpc) is 3.62. The standard InChI is InChI=1S/C19H27N7O21P4/c20-18-21-3-7-15(24-18)22-6-26(7)17-14(31)12(29)9(44-17)5-42-49(35,36)46-51(39,40)47-50(37,38)45-48(33,34)41-4-8-11(28)13(30)16(43-8)25-2-1-10(27)23-19(25)32/h1-3,6,8-9,11-14,16-17,28-31H,4-5H2,(H,33,34)(H,35,36)(H,37,38)(H,39,40)(H2,20,21,24)(H,23,27,32)/t8-,9-,11-,12-,13-,14-,16+,17+/m1/s1. The Kier molecular flexibility index (Phi) is 11.4. The van der Waals surface area contributed by atoms with Gasteiger partial charge in [0.05, 0.1) is 25.7 Å². The van der Waals surface area contributed by atoms with Gasteiger partial charge in [-0.1, -0.05) is 0 Å². The zero-order valence-electron chi connectivity index (χ0n) is 24.8. The van der Waals surface area contributed by atoms with Crippen LogP contribution >= 0.6 is 31.3 Å². The van der Waals surface area contributed by atoms with Gasteiger partial charge in [0.25, 0.3) is 5.56 Å². The van der Waals surface area contributed by atoms with Crippen LogP contribution in [0.25, 0.3) is 11.2 Å². The number of hydrogen-bond acceptors (Lipinski definition) is 21. The molecule has 4 unspecified atom stereocenters. The molecule has 11 N–H and O–H groups in total. The summed E-state index contributed by atoms with van der Waals surface area (Å²) in [7, 11) is -24.0. The minimum absolute atomic E-state index is 0.0894. The highest BCUT2D eigenvalue weighted by Crippen LogP contribution is 2.71. The van der Waals surface area contributed by atoms with Crippen LogP contribution in [-0.2, 0) is 49.7 Å². The fourth-order valence-electron chi connectivity index (χ4n) is 4.66. The molecular formula is C19H27N7O21P4. The molecule has 2 saturated heterocycles. The Balaban J connectivity index is 1.13. The summed E-state index contributed by atoms with van der Waals surface area (Å²) in [6, 6.07) is 0.876. The molecule has 0 saturated carbocycles. The second-order valence-electron chi connectivity index (χ2n) is 10.4. The van der Waals surface area contributed by atoms with Gasteiger partial charge in [-0.3, -0.25) is 28.0 Å². The van der Waals surface area contributed by atoms with E-state index in [1.807, 2.05) is 4.98 Å². The number of phosphoric acid groups is 4. The van der Waals surface area contributed by atoms with Crippen LogP contribution in [0.1, 0.15) is 12.5 Å². The van der Waals surface area contributed by atoms with E-state index in [4.69, 9.17) is 15.2 Å². The fourth-order valence-corrected chi connectivity index (χ4v) is 9.62. The van der Waals surface area contributed by atoms with Crippen molar-refractivity contribution in [3.63, 3.8) is 0 Å². The van der Waals surface area contributed by atoms with Crippen molar-refractivity contribution < 1.29 is 89.7 Å². The SMILES string of the molecule is Nc1ncc2c(ncn2[C@H]2O[C@H](COP(=O)(O)OP(=O)(O)OP(=O)(O)OP(=O)(O)OC[C@H]3O[C@H](n4ccc(=O)[nH]c4=O)[C@H](O)[C@@H]3O)[C@@H](O)[C@H]2O)n1. The first-order valence-corrected chi connectivity index (χ1v) is 19.6. The molecule has 51 heavy (non-hydrogen) atoms. The monoisotopic (exact) mass is 813 g/mol. The predicted octanol–water partition coefficient (Wildman–Crippen LogP) is -3.32. The van der Waals surface area contributed by atoms with Crippen LogP contribution in [0.2, 0.25) is 0 Å². The van der Waals surface area contributed by atoms with Crippen LogP contribution in [0.5, 0.6) is 0 Å². The van der Waals surface area contributed by atoms with Crippen molar-refractivity contribution in [1.82, 2.24) is 29.1 Å². The zero-order valence-corrected chi connectivity index (χ0v) is 28.4. The fraction of sp³-hybridized carbons (Fsp3) is 0.526. The predicted molar refractivity (Wildman–Crippen MR) is 157 cm³/mol. The third-order valence-corrected chi connectivity index (χ3v) is 12.8. The molecule has 28 nitrogen and oxygen atoms in total. The average molecular weight is 813 g/mol. The number of H-pyrrole nitrogens is 1. The maximum absolute atomic E-state index is 12.4. The molecule has 2 fully saturated rings. The van der Waals surface area contributed by atoms with Crippen molar-refractivity contribution in [2.24, 2.45) is 0 Å². The lowest BCUT2D eigenvalue weighted by atomic mass is 10.1. The summed E-state index contributed by atoms with van der Waals surface area (Å²) in [4.78, 5) is 76.0. The Morgan fingerprint density at radius 3 is 1.76 bits per heavy atom. The lowest BCUT2D eigenvalue weighted by Gasteiger charge is -2.21. The minimum atomic E-state index is -6.22. The van der Waals surface area contributed by atoms with Gasteiger partial charge in [0, 0.05) is 12.3 Å². The Labute approximate surface area is 281 Å². The molecule has 2 aliphatic rings. The molecule has 12 atom stereocenters. The number of anilines is 1. The number of rotatable bonds is 14. The first-order chi connectivity index (χ1) is 23.6.